The summed E-state index contributed by atoms with van der Waals surface area (Å²) in [6.45, 7) is 4.23. The highest BCUT2D eigenvalue weighted by atomic mass is 16.5. The third-order valence-electron chi connectivity index (χ3n) is 6.24. The molecular weight excluding hydrogens is 500 g/mol. The molecule has 0 aliphatic heterocycles. The van der Waals surface area contributed by atoms with Crippen LogP contribution in [0.2, 0.25) is 0 Å². The third kappa shape index (κ3) is 5.98. The Kier molecular flexibility index (Phi) is 8.40. The van der Waals surface area contributed by atoms with Gasteiger partial charge in [-0.25, -0.2) is 9.59 Å². The fourth-order valence-corrected chi connectivity index (χ4v) is 4.26. The lowest BCUT2D eigenvalue weighted by Gasteiger charge is -2.21. The van der Waals surface area contributed by atoms with Crippen LogP contribution in [0.3, 0.4) is 0 Å². The van der Waals surface area contributed by atoms with E-state index < -0.39 is 23.5 Å². The maximum absolute atomic E-state index is 13.1. The van der Waals surface area contributed by atoms with Crippen LogP contribution in [0.15, 0.2) is 67.3 Å². The zero-order chi connectivity index (χ0) is 27.9. The number of ketones is 2. The second-order valence-corrected chi connectivity index (χ2v) is 8.88. The fraction of sp³-hybridized carbons (Fsp3) is 0.200. The summed E-state index contributed by atoms with van der Waals surface area (Å²) < 4.78 is 16.1. The minimum absolute atomic E-state index is 0.00891. The van der Waals surface area contributed by atoms with Gasteiger partial charge in [0.2, 0.25) is 0 Å². The van der Waals surface area contributed by atoms with Crippen molar-refractivity contribution in [3.05, 3.63) is 95.1 Å². The molecule has 0 radical (unpaired) electrons. The summed E-state index contributed by atoms with van der Waals surface area (Å²) in [6.07, 6.45) is 4.58. The van der Waals surface area contributed by atoms with Crippen LogP contribution in [0.25, 0.3) is 0 Å². The SMILES string of the molecule is C=CC(=O)OCCCCCCOc1ccc(OC(=O)c2cc(N)c3c(c2N)C(=O)c2ccccc2C3=O)cc1. The molecule has 0 saturated carbocycles. The van der Waals surface area contributed by atoms with Gasteiger partial charge in [0.25, 0.3) is 0 Å². The summed E-state index contributed by atoms with van der Waals surface area (Å²) in [4.78, 5) is 50.0. The summed E-state index contributed by atoms with van der Waals surface area (Å²) in [7, 11) is 0. The molecule has 0 fully saturated rings. The van der Waals surface area contributed by atoms with Crippen LogP contribution in [-0.4, -0.2) is 36.7 Å². The van der Waals surface area contributed by atoms with Gasteiger partial charge < -0.3 is 25.7 Å². The Morgan fingerprint density at radius 2 is 1.38 bits per heavy atom. The molecule has 0 unspecified atom stereocenters. The van der Waals surface area contributed by atoms with E-state index in [2.05, 4.69) is 6.58 Å². The standard InChI is InChI=1S/C30H28N2O7/c1-2-24(33)38-16-8-4-3-7-15-37-18-11-13-19(14-12-18)39-30(36)22-17-23(31)25-26(27(22)32)29(35)21-10-6-5-9-20(21)28(25)34/h2,5-6,9-14,17H,1,3-4,7-8,15-16,31-32H2. The van der Waals surface area contributed by atoms with Crippen LogP contribution in [0.1, 0.15) is 67.9 Å². The average molecular weight is 529 g/mol. The molecule has 0 spiro atoms. The van der Waals surface area contributed by atoms with Crippen LogP contribution in [-0.2, 0) is 9.53 Å². The second-order valence-electron chi connectivity index (χ2n) is 8.88. The Bertz CT molecular complexity index is 1440. The quantitative estimate of drug-likeness (QED) is 0.0942. The van der Waals surface area contributed by atoms with Crippen molar-refractivity contribution < 1.29 is 33.4 Å². The van der Waals surface area contributed by atoms with Crippen molar-refractivity contribution >= 4 is 34.9 Å². The van der Waals surface area contributed by atoms with Crippen LogP contribution in [0.4, 0.5) is 11.4 Å². The van der Waals surface area contributed by atoms with Crippen LogP contribution < -0.4 is 20.9 Å². The maximum atomic E-state index is 13.1. The highest BCUT2D eigenvalue weighted by molar-refractivity contribution is 6.32. The summed E-state index contributed by atoms with van der Waals surface area (Å²) in [6, 6.07) is 14.1. The van der Waals surface area contributed by atoms with Crippen molar-refractivity contribution in [3.63, 3.8) is 0 Å². The molecule has 0 aromatic heterocycles. The lowest BCUT2D eigenvalue weighted by molar-refractivity contribution is -0.137. The largest absolute Gasteiger partial charge is 0.494 e. The smallest absolute Gasteiger partial charge is 0.345 e. The van der Waals surface area contributed by atoms with Gasteiger partial charge in [-0.3, -0.25) is 9.59 Å². The number of carbonyl (C=O) groups is 4. The van der Waals surface area contributed by atoms with Crippen LogP contribution >= 0.6 is 0 Å². The van der Waals surface area contributed by atoms with Crippen molar-refractivity contribution in [2.75, 3.05) is 24.7 Å². The maximum Gasteiger partial charge on any atom is 0.345 e. The molecule has 9 nitrogen and oxygen atoms in total. The zero-order valence-electron chi connectivity index (χ0n) is 21.2. The first-order valence-corrected chi connectivity index (χ1v) is 12.5. The minimum atomic E-state index is -0.812. The monoisotopic (exact) mass is 528 g/mol. The van der Waals surface area contributed by atoms with E-state index in [-0.39, 0.29) is 44.9 Å². The third-order valence-corrected chi connectivity index (χ3v) is 6.24. The molecule has 9 heteroatoms. The molecule has 3 aromatic carbocycles. The van der Waals surface area contributed by atoms with E-state index in [0.717, 1.165) is 31.8 Å². The first kappa shape index (κ1) is 27.1. The number of benzene rings is 3. The molecule has 1 aliphatic carbocycles. The molecule has 0 bridgehead atoms. The highest BCUT2D eigenvalue weighted by Gasteiger charge is 2.35. The Morgan fingerprint density at radius 3 is 2.03 bits per heavy atom. The molecule has 1 aliphatic rings. The van der Waals surface area contributed by atoms with Gasteiger partial charge in [-0.05, 0) is 56.0 Å². The first-order chi connectivity index (χ1) is 18.8. The van der Waals surface area contributed by atoms with Gasteiger partial charge >= 0.3 is 11.9 Å². The van der Waals surface area contributed by atoms with Gasteiger partial charge in [0.05, 0.1) is 35.6 Å². The van der Waals surface area contributed by atoms with Gasteiger partial charge in [-0.2, -0.15) is 0 Å². The van der Waals surface area contributed by atoms with E-state index in [1.54, 1.807) is 42.5 Å². The number of fused-ring (bicyclic) bond motifs is 2. The minimum Gasteiger partial charge on any atom is -0.494 e. The Balaban J connectivity index is 1.34. The molecule has 0 heterocycles. The Morgan fingerprint density at radius 1 is 0.795 bits per heavy atom. The molecule has 200 valence electrons. The lowest BCUT2D eigenvalue weighted by Crippen LogP contribution is -2.26. The van der Waals surface area contributed by atoms with E-state index >= 15 is 0 Å². The number of hydrogen-bond acceptors (Lipinski definition) is 9. The average Bonchev–Trinajstić information content (AvgIpc) is 2.94. The number of ether oxygens (including phenoxy) is 3. The Hall–Kier alpha value is -4.92. The van der Waals surface area contributed by atoms with Crippen LogP contribution in [0, 0.1) is 0 Å². The number of nitrogen functional groups attached to an aromatic ring is 2. The van der Waals surface area contributed by atoms with Crippen molar-refractivity contribution in [2.24, 2.45) is 0 Å². The number of esters is 2. The summed E-state index contributed by atoms with van der Waals surface area (Å²) >= 11 is 0. The number of nitrogens with two attached hydrogens (primary N) is 2. The first-order valence-electron chi connectivity index (χ1n) is 12.5. The molecule has 0 saturated heterocycles. The van der Waals surface area contributed by atoms with Crippen LogP contribution in [0.5, 0.6) is 11.5 Å². The zero-order valence-corrected chi connectivity index (χ0v) is 21.2. The van der Waals surface area contributed by atoms with Gasteiger partial charge in [0.1, 0.15) is 11.5 Å². The van der Waals surface area contributed by atoms with Gasteiger partial charge in [0.15, 0.2) is 11.6 Å². The predicted molar refractivity (Wildman–Crippen MR) is 145 cm³/mol. The molecular formula is C30H28N2O7. The van der Waals surface area contributed by atoms with E-state index in [0.29, 0.717) is 19.0 Å². The number of hydrogen-bond donors (Lipinski definition) is 2. The molecule has 3 aromatic rings. The number of unbranched alkanes of at least 4 members (excludes halogenated alkanes) is 3. The Labute approximate surface area is 225 Å². The molecule has 0 amide bonds. The van der Waals surface area contributed by atoms with E-state index in [9.17, 15) is 19.2 Å². The molecule has 39 heavy (non-hydrogen) atoms. The highest BCUT2D eigenvalue weighted by Crippen LogP contribution is 2.36. The van der Waals surface area contributed by atoms with E-state index in [1.807, 2.05) is 0 Å². The number of carbonyl (C=O) groups excluding carboxylic acids is 4. The van der Waals surface area contributed by atoms with Crippen molar-refractivity contribution in [1.29, 1.82) is 0 Å². The molecule has 4 N–H and O–H groups in total. The van der Waals surface area contributed by atoms with E-state index in [4.69, 9.17) is 25.7 Å². The number of anilines is 2. The second kappa shape index (κ2) is 12.1. The summed E-state index contributed by atoms with van der Waals surface area (Å²) in [5.74, 6) is -1.28. The topological polar surface area (TPSA) is 148 Å². The predicted octanol–water partition coefficient (Wildman–Crippen LogP) is 4.51. The molecule has 0 atom stereocenters. The normalized spacial score (nSPS) is 11.8. The summed E-state index contributed by atoms with van der Waals surface area (Å²) in [5.41, 5.74) is 12.4. The van der Waals surface area contributed by atoms with Crippen molar-refractivity contribution in [3.8, 4) is 11.5 Å². The van der Waals surface area contributed by atoms with Gasteiger partial charge in [0, 0.05) is 22.9 Å². The van der Waals surface area contributed by atoms with Crippen molar-refractivity contribution in [1.82, 2.24) is 0 Å². The lowest BCUT2D eigenvalue weighted by atomic mass is 9.81. The van der Waals surface area contributed by atoms with E-state index in [1.165, 1.54) is 12.1 Å². The van der Waals surface area contributed by atoms with Gasteiger partial charge in [-0.1, -0.05) is 30.8 Å². The van der Waals surface area contributed by atoms with Crippen molar-refractivity contribution in [2.45, 2.75) is 25.7 Å². The molecule has 4 rings (SSSR count). The summed E-state index contributed by atoms with van der Waals surface area (Å²) in [5, 5.41) is 0. The fourth-order valence-electron chi connectivity index (χ4n) is 4.26. The number of rotatable bonds is 11. The van der Waals surface area contributed by atoms with Gasteiger partial charge in [-0.15, -0.1) is 0 Å².